The first-order valence-electron chi connectivity index (χ1n) is 14.5. The van der Waals surface area contributed by atoms with E-state index in [0.29, 0.717) is 5.75 Å². The smallest absolute Gasteiger partial charge is 0.334 e. The van der Waals surface area contributed by atoms with Crippen molar-refractivity contribution in [3.05, 3.63) is 155 Å². The quantitative estimate of drug-likeness (QED) is 0.177. The van der Waals surface area contributed by atoms with Crippen molar-refractivity contribution in [3.63, 3.8) is 0 Å². The van der Waals surface area contributed by atoms with Crippen LogP contribution in [0.1, 0.15) is 28.4 Å². The molecule has 45 heavy (non-hydrogen) atoms. The van der Waals surface area contributed by atoms with E-state index in [9.17, 15) is 19.2 Å². The summed E-state index contributed by atoms with van der Waals surface area (Å²) in [7, 11) is 0. The van der Waals surface area contributed by atoms with Crippen molar-refractivity contribution < 1.29 is 23.9 Å². The number of nitrogens with zero attached hydrogens (tertiary/aromatic N) is 1. The lowest BCUT2D eigenvalue weighted by Gasteiger charge is -2.51. The summed E-state index contributed by atoms with van der Waals surface area (Å²) >= 11 is 2.32. The number of nitrogens with one attached hydrogen (secondary N) is 1. The Morgan fingerprint density at radius 1 is 0.778 bits per heavy atom. The highest BCUT2D eigenvalue weighted by Crippen LogP contribution is 2.42. The molecule has 0 spiro atoms. The van der Waals surface area contributed by atoms with Crippen LogP contribution in [0.15, 0.2) is 132 Å². The van der Waals surface area contributed by atoms with Gasteiger partial charge in [0.05, 0.1) is 6.42 Å². The van der Waals surface area contributed by atoms with Crippen LogP contribution in [0.2, 0.25) is 0 Å². The van der Waals surface area contributed by atoms with Crippen LogP contribution in [0.3, 0.4) is 0 Å². The van der Waals surface area contributed by atoms with Gasteiger partial charge in [0.1, 0.15) is 11.4 Å². The molecule has 226 valence electrons. The van der Waals surface area contributed by atoms with Gasteiger partial charge >= 0.3 is 5.97 Å². The van der Waals surface area contributed by atoms with Crippen LogP contribution in [-0.2, 0) is 36.1 Å². The van der Waals surface area contributed by atoms with Gasteiger partial charge in [0.15, 0.2) is 12.1 Å². The standard InChI is InChI=1S/C36H30N2O5S2/c39-29(21-24-13-5-1-6-14-24)37-30-33(40)38-31(28(23-44-34(30)38)36(42)45-22-25-15-7-2-8-16-25)35(41)43-32(26-17-9-3-10-18-26)27-19-11-4-12-20-27/h1-20,23,30-32,34H,21-22H2,(H,37,39)/t30?,31?,34-/m1/s1. The second kappa shape index (κ2) is 14.0. The van der Waals surface area contributed by atoms with E-state index >= 15 is 0 Å². The summed E-state index contributed by atoms with van der Waals surface area (Å²) < 4.78 is 6.17. The first kappa shape index (κ1) is 30.4. The number of hydrogen-bond donors (Lipinski definition) is 1. The summed E-state index contributed by atoms with van der Waals surface area (Å²) in [6.07, 6.45) is -0.627. The van der Waals surface area contributed by atoms with Crippen LogP contribution in [0.4, 0.5) is 0 Å². The van der Waals surface area contributed by atoms with E-state index in [4.69, 9.17) is 4.74 Å². The third-order valence-electron chi connectivity index (χ3n) is 7.62. The topological polar surface area (TPSA) is 92.8 Å². The fraction of sp³-hybridized carbons (Fsp3) is 0.167. The molecule has 4 aromatic rings. The van der Waals surface area contributed by atoms with Crippen molar-refractivity contribution in [2.24, 2.45) is 0 Å². The molecule has 7 nitrogen and oxygen atoms in total. The van der Waals surface area contributed by atoms with Crippen LogP contribution >= 0.6 is 23.5 Å². The number of amides is 2. The number of carbonyl (C=O) groups is 4. The number of benzene rings is 4. The molecule has 2 aliphatic heterocycles. The van der Waals surface area contributed by atoms with Gasteiger partial charge in [-0.2, -0.15) is 0 Å². The van der Waals surface area contributed by atoms with Gasteiger partial charge in [-0.25, -0.2) is 4.79 Å². The maximum Gasteiger partial charge on any atom is 0.334 e. The van der Waals surface area contributed by atoms with Gasteiger partial charge in [0, 0.05) is 11.3 Å². The first-order chi connectivity index (χ1) is 22.0. The number of carbonyl (C=O) groups excluding carboxylic acids is 4. The van der Waals surface area contributed by atoms with Gasteiger partial charge in [-0.05, 0) is 27.7 Å². The molecule has 9 heteroatoms. The molecule has 0 aromatic heterocycles. The normalized spacial score (nSPS) is 18.8. The number of hydrogen-bond acceptors (Lipinski definition) is 7. The lowest BCUT2D eigenvalue weighted by molar-refractivity contribution is -0.165. The largest absolute Gasteiger partial charge is 0.451 e. The molecule has 3 atom stereocenters. The Labute approximate surface area is 270 Å². The minimum atomic E-state index is -1.25. The van der Waals surface area contributed by atoms with Crippen molar-refractivity contribution in [2.45, 2.75) is 35.7 Å². The van der Waals surface area contributed by atoms with Crippen LogP contribution in [-0.4, -0.2) is 45.3 Å². The molecule has 0 saturated carbocycles. The van der Waals surface area contributed by atoms with Crippen molar-refractivity contribution >= 4 is 46.4 Å². The number of rotatable bonds is 10. The molecule has 0 aliphatic carbocycles. The Bertz CT molecular complexity index is 1660. The Morgan fingerprint density at radius 3 is 1.89 bits per heavy atom. The zero-order chi connectivity index (χ0) is 31.2. The Hall–Kier alpha value is -4.60. The predicted octanol–water partition coefficient (Wildman–Crippen LogP) is 5.67. The van der Waals surface area contributed by atoms with Gasteiger partial charge in [-0.3, -0.25) is 14.4 Å². The molecule has 2 unspecified atom stereocenters. The highest BCUT2D eigenvalue weighted by molar-refractivity contribution is 8.13. The molecule has 0 radical (unpaired) electrons. The number of esters is 1. The van der Waals surface area contributed by atoms with Crippen molar-refractivity contribution in [1.29, 1.82) is 0 Å². The van der Waals surface area contributed by atoms with Crippen LogP contribution < -0.4 is 5.32 Å². The maximum atomic E-state index is 14.1. The molecule has 2 heterocycles. The van der Waals surface area contributed by atoms with Crippen molar-refractivity contribution in [2.75, 3.05) is 0 Å². The molecule has 2 aliphatic rings. The average Bonchev–Trinajstić information content (AvgIpc) is 3.09. The van der Waals surface area contributed by atoms with E-state index in [1.165, 1.54) is 16.7 Å². The van der Waals surface area contributed by atoms with E-state index in [2.05, 4.69) is 5.32 Å². The molecular formula is C36H30N2O5S2. The molecule has 0 bridgehead atoms. The summed E-state index contributed by atoms with van der Waals surface area (Å²) in [5.74, 6) is -1.02. The number of fused-ring (bicyclic) bond motifs is 1. The molecule has 2 amide bonds. The third-order valence-corrected chi connectivity index (χ3v) is 9.77. The minimum Gasteiger partial charge on any atom is -0.451 e. The van der Waals surface area contributed by atoms with Crippen LogP contribution in [0.25, 0.3) is 0 Å². The van der Waals surface area contributed by atoms with Crippen LogP contribution in [0.5, 0.6) is 0 Å². The lowest BCUT2D eigenvalue weighted by atomic mass is 9.97. The first-order valence-corrected chi connectivity index (χ1v) is 16.4. The monoisotopic (exact) mass is 634 g/mol. The molecule has 6 rings (SSSR count). The second-order valence-corrected chi connectivity index (χ2v) is 12.6. The average molecular weight is 635 g/mol. The van der Waals surface area contributed by atoms with Gasteiger partial charge in [-0.15, -0.1) is 11.8 Å². The van der Waals surface area contributed by atoms with Crippen molar-refractivity contribution in [1.82, 2.24) is 10.2 Å². The zero-order valence-corrected chi connectivity index (χ0v) is 25.8. The minimum absolute atomic E-state index is 0.124. The highest BCUT2D eigenvalue weighted by Gasteiger charge is 2.57. The van der Waals surface area contributed by atoms with Crippen molar-refractivity contribution in [3.8, 4) is 0 Å². The fourth-order valence-electron chi connectivity index (χ4n) is 5.37. The number of β-lactam (4-membered cyclic amide) rings is 1. The zero-order valence-electron chi connectivity index (χ0n) is 24.2. The molecule has 4 aromatic carbocycles. The summed E-state index contributed by atoms with van der Waals surface area (Å²) in [5, 5.41) is 3.61. The molecule has 1 fully saturated rings. The third kappa shape index (κ3) is 6.90. The van der Waals surface area contributed by atoms with E-state index in [1.807, 2.05) is 121 Å². The summed E-state index contributed by atoms with van der Waals surface area (Å²) in [5.41, 5.74) is 3.49. The van der Waals surface area contributed by atoms with E-state index < -0.39 is 35.4 Å². The lowest BCUT2D eigenvalue weighted by Crippen LogP contribution is -2.74. The SMILES string of the molecule is O=C(Cc1ccccc1)NC1C(=O)N2C(C(=O)OC(c3ccccc3)c3ccccc3)C(C(=O)SCc3ccccc3)=CS[C@H]12. The summed E-state index contributed by atoms with van der Waals surface area (Å²) in [6, 6.07) is 35.4. The number of thioether (sulfide) groups is 2. The Kier molecular flexibility index (Phi) is 9.47. The molecular weight excluding hydrogens is 605 g/mol. The van der Waals surface area contributed by atoms with Gasteiger partial charge in [-0.1, -0.05) is 133 Å². The number of ether oxygens (including phenoxy) is 1. The van der Waals surface area contributed by atoms with Crippen LogP contribution in [0, 0.1) is 0 Å². The fourth-order valence-corrected chi connectivity index (χ4v) is 7.49. The maximum absolute atomic E-state index is 14.1. The predicted molar refractivity (Wildman–Crippen MR) is 176 cm³/mol. The van der Waals surface area contributed by atoms with Gasteiger partial charge < -0.3 is 15.0 Å². The second-order valence-electron chi connectivity index (χ2n) is 10.7. The summed E-state index contributed by atoms with van der Waals surface area (Å²) in [4.78, 5) is 55.6. The highest BCUT2D eigenvalue weighted by atomic mass is 32.2. The Morgan fingerprint density at radius 2 is 1.31 bits per heavy atom. The van der Waals surface area contributed by atoms with Gasteiger partial charge in [0.2, 0.25) is 16.9 Å². The Balaban J connectivity index is 1.26. The van der Waals surface area contributed by atoms with Gasteiger partial charge in [0.25, 0.3) is 0 Å². The van der Waals surface area contributed by atoms with E-state index in [-0.39, 0.29) is 23.0 Å². The molecule has 1 saturated heterocycles. The van der Waals surface area contributed by atoms with E-state index in [0.717, 1.165) is 34.0 Å². The molecule has 1 N–H and O–H groups in total. The summed E-state index contributed by atoms with van der Waals surface area (Å²) in [6.45, 7) is 0. The van der Waals surface area contributed by atoms with E-state index in [1.54, 1.807) is 5.41 Å².